The van der Waals surface area contributed by atoms with Crippen molar-refractivity contribution in [3.8, 4) is 0 Å². The Morgan fingerprint density at radius 3 is 2.58 bits per heavy atom. The summed E-state index contributed by atoms with van der Waals surface area (Å²) in [5, 5.41) is 0. The molecule has 1 unspecified atom stereocenters. The van der Waals surface area contributed by atoms with Gasteiger partial charge in [0.15, 0.2) is 15.6 Å². The number of hydrogen-bond acceptors (Lipinski definition) is 4. The second-order valence-electron chi connectivity index (χ2n) is 7.19. The molecule has 1 aliphatic rings. The number of carbonyl (C=O) groups excluding carboxylic acids is 1. The molecule has 6 heteroatoms. The molecular formula is C20H25NO3S2. The van der Waals surface area contributed by atoms with E-state index in [1.807, 2.05) is 24.5 Å². The fourth-order valence-electron chi connectivity index (χ4n) is 3.68. The fraction of sp³-hybridized carbons (Fsp3) is 0.450. The first kappa shape index (κ1) is 19.2. The Bertz CT molecular complexity index is 958. The lowest BCUT2D eigenvalue weighted by atomic mass is 10.2. The molecule has 0 spiro atoms. The number of aromatic nitrogens is 1. The van der Waals surface area contributed by atoms with E-state index >= 15 is 0 Å². The predicted molar refractivity (Wildman–Crippen MR) is 107 cm³/mol. The van der Waals surface area contributed by atoms with E-state index in [2.05, 4.69) is 32.0 Å². The van der Waals surface area contributed by atoms with E-state index in [1.165, 1.54) is 11.1 Å². The van der Waals surface area contributed by atoms with Crippen molar-refractivity contribution in [1.82, 2.24) is 4.57 Å². The van der Waals surface area contributed by atoms with Crippen LogP contribution in [0.2, 0.25) is 0 Å². The molecule has 0 amide bonds. The number of benzene rings is 1. The SMILES string of the molecule is Cc1ccc(C)c(SCC(=O)c2cc(C)n(C3CCS(=O)(=O)C3)c2C)c1. The van der Waals surface area contributed by atoms with E-state index in [-0.39, 0.29) is 23.3 Å². The molecule has 26 heavy (non-hydrogen) atoms. The van der Waals surface area contributed by atoms with E-state index < -0.39 is 9.84 Å². The lowest BCUT2D eigenvalue weighted by Gasteiger charge is -2.16. The average Bonchev–Trinajstić information content (AvgIpc) is 3.06. The highest BCUT2D eigenvalue weighted by Gasteiger charge is 2.31. The van der Waals surface area contributed by atoms with Crippen LogP contribution in [0, 0.1) is 27.7 Å². The second kappa shape index (κ2) is 7.24. The molecule has 4 nitrogen and oxygen atoms in total. The lowest BCUT2D eigenvalue weighted by Crippen LogP contribution is -2.14. The number of sulfone groups is 1. The topological polar surface area (TPSA) is 56.1 Å². The Balaban J connectivity index is 1.78. The first-order chi connectivity index (χ1) is 12.2. The summed E-state index contributed by atoms with van der Waals surface area (Å²) in [5.41, 5.74) is 4.92. The van der Waals surface area contributed by atoms with Crippen molar-refractivity contribution in [1.29, 1.82) is 0 Å². The maximum atomic E-state index is 12.8. The van der Waals surface area contributed by atoms with Crippen LogP contribution in [-0.2, 0) is 9.84 Å². The highest BCUT2D eigenvalue weighted by Crippen LogP contribution is 2.30. The number of nitrogens with zero attached hydrogens (tertiary/aromatic N) is 1. The Hall–Kier alpha value is -1.53. The molecule has 2 aromatic rings. The van der Waals surface area contributed by atoms with Crippen LogP contribution in [0.4, 0.5) is 0 Å². The zero-order valence-electron chi connectivity index (χ0n) is 15.7. The minimum atomic E-state index is -2.95. The molecule has 0 aliphatic carbocycles. The Morgan fingerprint density at radius 2 is 1.92 bits per heavy atom. The lowest BCUT2D eigenvalue weighted by molar-refractivity contribution is 0.102. The van der Waals surface area contributed by atoms with Gasteiger partial charge in [-0.1, -0.05) is 17.7 Å². The summed E-state index contributed by atoms with van der Waals surface area (Å²) in [4.78, 5) is 13.9. The van der Waals surface area contributed by atoms with Gasteiger partial charge in [-0.2, -0.15) is 0 Å². The van der Waals surface area contributed by atoms with Gasteiger partial charge in [0.25, 0.3) is 0 Å². The van der Waals surface area contributed by atoms with Gasteiger partial charge in [0.2, 0.25) is 0 Å². The standard InChI is InChI=1S/C20H25NO3S2/c1-13-5-6-14(2)20(9-13)25-11-19(22)18-10-15(3)21(16(18)4)17-7-8-26(23,24)12-17/h5-6,9-10,17H,7-8,11-12H2,1-4H3. The van der Waals surface area contributed by atoms with Crippen LogP contribution < -0.4 is 0 Å². The maximum Gasteiger partial charge on any atom is 0.174 e. The summed E-state index contributed by atoms with van der Waals surface area (Å²) < 4.78 is 25.7. The number of rotatable bonds is 5. The summed E-state index contributed by atoms with van der Waals surface area (Å²) in [6, 6.07) is 8.12. The number of thioether (sulfide) groups is 1. The van der Waals surface area contributed by atoms with E-state index in [0.29, 0.717) is 17.7 Å². The van der Waals surface area contributed by atoms with Crippen LogP contribution in [0.15, 0.2) is 29.2 Å². The van der Waals surface area contributed by atoms with E-state index in [9.17, 15) is 13.2 Å². The summed E-state index contributed by atoms with van der Waals surface area (Å²) in [6.07, 6.45) is 0.629. The van der Waals surface area contributed by atoms with Crippen LogP contribution in [0.1, 0.15) is 45.3 Å². The third-order valence-electron chi connectivity index (χ3n) is 5.06. The van der Waals surface area contributed by atoms with Gasteiger partial charge in [0, 0.05) is 27.9 Å². The molecule has 0 bridgehead atoms. The van der Waals surface area contributed by atoms with Gasteiger partial charge in [-0.05, 0) is 51.8 Å². The molecule has 1 fully saturated rings. The largest absolute Gasteiger partial charge is 0.344 e. The van der Waals surface area contributed by atoms with Crippen LogP contribution in [0.5, 0.6) is 0 Å². The first-order valence-electron chi connectivity index (χ1n) is 8.80. The van der Waals surface area contributed by atoms with Gasteiger partial charge in [0.05, 0.1) is 17.3 Å². The number of aryl methyl sites for hydroxylation is 3. The summed E-state index contributed by atoms with van der Waals surface area (Å²) >= 11 is 1.57. The molecular weight excluding hydrogens is 366 g/mol. The third kappa shape index (κ3) is 3.91. The van der Waals surface area contributed by atoms with Crippen LogP contribution in [-0.4, -0.2) is 36.0 Å². The van der Waals surface area contributed by atoms with Gasteiger partial charge in [-0.25, -0.2) is 8.42 Å². The van der Waals surface area contributed by atoms with Crippen molar-refractivity contribution in [3.63, 3.8) is 0 Å². The maximum absolute atomic E-state index is 12.8. The number of hydrogen-bond donors (Lipinski definition) is 0. The molecule has 1 saturated heterocycles. The van der Waals surface area contributed by atoms with E-state index in [4.69, 9.17) is 0 Å². The molecule has 1 aromatic carbocycles. The van der Waals surface area contributed by atoms with E-state index in [0.717, 1.165) is 16.3 Å². The Labute approximate surface area is 159 Å². The normalized spacial score (nSPS) is 19.0. The minimum Gasteiger partial charge on any atom is -0.344 e. The molecule has 1 aliphatic heterocycles. The molecule has 140 valence electrons. The first-order valence-corrected chi connectivity index (χ1v) is 11.6. The Morgan fingerprint density at radius 1 is 1.19 bits per heavy atom. The second-order valence-corrected chi connectivity index (χ2v) is 10.4. The molecule has 1 aromatic heterocycles. The number of ketones is 1. The van der Waals surface area contributed by atoms with Crippen molar-refractivity contribution >= 4 is 27.4 Å². The summed E-state index contributed by atoms with van der Waals surface area (Å²) in [7, 11) is -2.95. The highest BCUT2D eigenvalue weighted by molar-refractivity contribution is 8.00. The van der Waals surface area contributed by atoms with Crippen LogP contribution in [0.3, 0.4) is 0 Å². The number of carbonyl (C=O) groups is 1. The third-order valence-corrected chi connectivity index (χ3v) is 7.97. The quantitative estimate of drug-likeness (QED) is 0.570. The van der Waals surface area contributed by atoms with Crippen molar-refractivity contribution in [2.24, 2.45) is 0 Å². The molecule has 0 saturated carbocycles. The van der Waals surface area contributed by atoms with Gasteiger partial charge >= 0.3 is 0 Å². The molecule has 3 rings (SSSR count). The monoisotopic (exact) mass is 391 g/mol. The average molecular weight is 392 g/mol. The van der Waals surface area contributed by atoms with Gasteiger partial charge in [-0.15, -0.1) is 11.8 Å². The van der Waals surface area contributed by atoms with Crippen molar-refractivity contribution < 1.29 is 13.2 Å². The van der Waals surface area contributed by atoms with Gasteiger partial charge in [-0.3, -0.25) is 4.79 Å². The Kier molecular flexibility index (Phi) is 5.35. The zero-order chi connectivity index (χ0) is 19.1. The molecule has 0 N–H and O–H groups in total. The minimum absolute atomic E-state index is 0.0479. The van der Waals surface area contributed by atoms with E-state index in [1.54, 1.807) is 11.8 Å². The predicted octanol–water partition coefficient (Wildman–Crippen LogP) is 4.06. The fourth-order valence-corrected chi connectivity index (χ4v) is 6.39. The van der Waals surface area contributed by atoms with Crippen LogP contribution >= 0.6 is 11.8 Å². The van der Waals surface area contributed by atoms with Crippen molar-refractivity contribution in [2.75, 3.05) is 17.3 Å². The van der Waals surface area contributed by atoms with Gasteiger partial charge < -0.3 is 4.57 Å². The van der Waals surface area contributed by atoms with Gasteiger partial charge in [0.1, 0.15) is 0 Å². The highest BCUT2D eigenvalue weighted by atomic mass is 32.2. The molecule has 0 radical (unpaired) electrons. The number of Topliss-reactive ketones (excluding diaryl/α,β-unsaturated/α-hetero) is 1. The van der Waals surface area contributed by atoms with Crippen molar-refractivity contribution in [3.05, 3.63) is 52.3 Å². The van der Waals surface area contributed by atoms with Crippen molar-refractivity contribution in [2.45, 2.75) is 45.1 Å². The molecule has 2 heterocycles. The smallest absolute Gasteiger partial charge is 0.174 e. The zero-order valence-corrected chi connectivity index (χ0v) is 17.3. The summed E-state index contributed by atoms with van der Waals surface area (Å²) in [5.74, 6) is 0.892. The molecule has 1 atom stereocenters. The van der Waals surface area contributed by atoms with Crippen LogP contribution in [0.25, 0.3) is 0 Å². The summed E-state index contributed by atoms with van der Waals surface area (Å²) in [6.45, 7) is 7.98.